The molecule has 1 saturated carbocycles. The van der Waals surface area contributed by atoms with Crippen LogP contribution in [0.3, 0.4) is 0 Å². The highest BCUT2D eigenvalue weighted by Gasteiger charge is 2.60. The molecule has 5 nitrogen and oxygen atoms in total. The van der Waals surface area contributed by atoms with Gasteiger partial charge >= 0.3 is 5.97 Å². The first-order valence-corrected chi connectivity index (χ1v) is 8.74. The van der Waals surface area contributed by atoms with Gasteiger partial charge in [-0.15, -0.1) is 0 Å². The monoisotopic (exact) mass is 331 g/mol. The number of carbonyl (C=O) groups excluding carboxylic acids is 1. The molecule has 0 aromatic heterocycles. The molecule has 5 heteroatoms. The molecule has 1 aliphatic carbocycles. The topological polar surface area (TPSA) is 66.8 Å². The minimum absolute atomic E-state index is 0.161. The number of likely N-dealkylation sites (tertiary alicyclic amines) is 1. The van der Waals surface area contributed by atoms with Gasteiger partial charge in [-0.05, 0) is 55.7 Å². The third-order valence-electron chi connectivity index (χ3n) is 5.23. The van der Waals surface area contributed by atoms with Crippen LogP contribution in [0, 0.1) is 24.7 Å². The Hall–Kier alpha value is -2.04. The number of ether oxygens (including phenoxy) is 1. The normalized spacial score (nSPS) is 24.6. The van der Waals surface area contributed by atoms with Gasteiger partial charge in [-0.1, -0.05) is 12.1 Å². The first-order chi connectivity index (χ1) is 11.5. The molecule has 1 saturated heterocycles. The van der Waals surface area contributed by atoms with Crippen LogP contribution in [-0.2, 0) is 16.0 Å². The maximum Gasteiger partial charge on any atom is 0.307 e. The quantitative estimate of drug-likeness (QED) is 0.834. The lowest BCUT2D eigenvalue weighted by Crippen LogP contribution is -2.32. The predicted molar refractivity (Wildman–Crippen MR) is 90.0 cm³/mol. The number of nitrogens with zero attached hydrogens (tertiary/aromatic N) is 1. The van der Waals surface area contributed by atoms with Crippen LogP contribution in [0.2, 0.25) is 0 Å². The first-order valence-electron chi connectivity index (χ1n) is 8.74. The van der Waals surface area contributed by atoms with E-state index in [9.17, 15) is 9.59 Å². The van der Waals surface area contributed by atoms with Gasteiger partial charge in [-0.2, -0.15) is 0 Å². The second-order valence-corrected chi connectivity index (χ2v) is 6.88. The van der Waals surface area contributed by atoms with E-state index in [0.29, 0.717) is 26.1 Å². The predicted octanol–water partition coefficient (Wildman–Crippen LogP) is 2.51. The molecule has 1 amide bonds. The van der Waals surface area contributed by atoms with Crippen molar-refractivity contribution in [1.82, 2.24) is 4.90 Å². The van der Waals surface area contributed by atoms with Gasteiger partial charge in [-0.25, -0.2) is 0 Å². The summed E-state index contributed by atoms with van der Waals surface area (Å²) in [6.45, 7) is 5.93. The molecule has 1 aliphatic heterocycles. The Labute approximate surface area is 142 Å². The van der Waals surface area contributed by atoms with Gasteiger partial charge in [0.05, 0.1) is 12.5 Å². The van der Waals surface area contributed by atoms with Crippen molar-refractivity contribution in [3.63, 3.8) is 0 Å². The van der Waals surface area contributed by atoms with Crippen molar-refractivity contribution in [3.05, 3.63) is 29.3 Å². The fourth-order valence-corrected chi connectivity index (χ4v) is 3.88. The van der Waals surface area contributed by atoms with Crippen LogP contribution in [-0.4, -0.2) is 41.6 Å². The van der Waals surface area contributed by atoms with Crippen molar-refractivity contribution >= 4 is 11.9 Å². The number of rotatable bonds is 7. The van der Waals surface area contributed by atoms with Crippen LogP contribution in [0.25, 0.3) is 0 Å². The smallest absolute Gasteiger partial charge is 0.307 e. The van der Waals surface area contributed by atoms with Crippen LogP contribution in [0.1, 0.15) is 30.9 Å². The van der Waals surface area contributed by atoms with Crippen LogP contribution in [0.5, 0.6) is 5.75 Å². The second kappa shape index (κ2) is 6.83. The van der Waals surface area contributed by atoms with Crippen LogP contribution < -0.4 is 4.74 Å². The van der Waals surface area contributed by atoms with Crippen LogP contribution in [0.4, 0.5) is 0 Å². The minimum Gasteiger partial charge on any atom is -0.494 e. The molecular formula is C19H25NO4. The lowest BCUT2D eigenvalue weighted by Gasteiger charge is -2.19. The minimum atomic E-state index is -0.706. The highest BCUT2D eigenvalue weighted by Crippen LogP contribution is 2.51. The lowest BCUT2D eigenvalue weighted by molar-refractivity contribution is -0.141. The molecule has 2 unspecified atom stereocenters. The largest absolute Gasteiger partial charge is 0.494 e. The third kappa shape index (κ3) is 3.40. The maximum atomic E-state index is 12.2. The number of hydrogen-bond donors (Lipinski definition) is 1. The summed E-state index contributed by atoms with van der Waals surface area (Å²) in [4.78, 5) is 25.0. The summed E-state index contributed by atoms with van der Waals surface area (Å²) in [7, 11) is 0. The molecule has 3 rings (SSSR count). The molecule has 1 heterocycles. The Morgan fingerprint density at radius 1 is 1.29 bits per heavy atom. The Balaban J connectivity index is 1.42. The van der Waals surface area contributed by atoms with E-state index in [1.54, 1.807) is 0 Å². The standard InChI is InChI=1S/C19H25NO4/c1-3-24-16-8-7-13(9-12(16)2)5-4-6-17(21)20-10-14-15(11-20)18(14)19(22)23/h7-9,14-15,18H,3-6,10-11H2,1-2H3,(H,22,23). The average molecular weight is 331 g/mol. The number of piperidine rings is 1. The molecule has 1 aromatic rings. The van der Waals surface area contributed by atoms with E-state index in [2.05, 4.69) is 12.1 Å². The second-order valence-electron chi connectivity index (χ2n) is 6.88. The van der Waals surface area contributed by atoms with Gasteiger partial charge in [0.2, 0.25) is 5.91 Å². The fourth-order valence-electron chi connectivity index (χ4n) is 3.88. The summed E-state index contributed by atoms with van der Waals surface area (Å²) < 4.78 is 5.54. The SMILES string of the molecule is CCOc1ccc(CCCC(=O)N2CC3C(C2)C3C(=O)O)cc1C. The highest BCUT2D eigenvalue weighted by molar-refractivity contribution is 5.79. The number of aryl methyl sites for hydroxylation is 2. The summed E-state index contributed by atoms with van der Waals surface area (Å²) in [6.07, 6.45) is 2.22. The van der Waals surface area contributed by atoms with Gasteiger partial charge in [0, 0.05) is 19.5 Å². The van der Waals surface area contributed by atoms with Crippen molar-refractivity contribution in [1.29, 1.82) is 0 Å². The average Bonchev–Trinajstić information content (AvgIpc) is 3.05. The number of carbonyl (C=O) groups is 2. The van der Waals surface area contributed by atoms with E-state index < -0.39 is 5.97 Å². The Bertz CT molecular complexity index is 630. The number of carboxylic acids is 1. The molecule has 1 aromatic carbocycles. The number of benzene rings is 1. The van der Waals surface area contributed by atoms with Gasteiger partial charge in [0.1, 0.15) is 5.75 Å². The van der Waals surface area contributed by atoms with Crippen molar-refractivity contribution in [3.8, 4) is 5.75 Å². The zero-order valence-corrected chi connectivity index (χ0v) is 14.3. The van der Waals surface area contributed by atoms with E-state index in [4.69, 9.17) is 9.84 Å². The van der Waals surface area contributed by atoms with E-state index in [1.165, 1.54) is 5.56 Å². The zero-order valence-electron chi connectivity index (χ0n) is 14.3. The zero-order chi connectivity index (χ0) is 17.3. The molecule has 2 fully saturated rings. The summed E-state index contributed by atoms with van der Waals surface area (Å²) in [5.41, 5.74) is 2.35. The molecule has 24 heavy (non-hydrogen) atoms. The summed E-state index contributed by atoms with van der Waals surface area (Å²) in [6, 6.07) is 6.18. The van der Waals surface area contributed by atoms with Gasteiger partial charge in [0.15, 0.2) is 0 Å². The number of aliphatic carboxylic acids is 1. The van der Waals surface area contributed by atoms with Gasteiger partial charge < -0.3 is 14.7 Å². The number of hydrogen-bond acceptors (Lipinski definition) is 3. The summed E-state index contributed by atoms with van der Waals surface area (Å²) in [5.74, 6) is 0.555. The molecule has 0 bridgehead atoms. The molecular weight excluding hydrogens is 306 g/mol. The molecule has 0 spiro atoms. The molecule has 2 aliphatic rings. The Morgan fingerprint density at radius 2 is 2.00 bits per heavy atom. The lowest BCUT2D eigenvalue weighted by atomic mass is 10.0. The van der Waals surface area contributed by atoms with Crippen molar-refractivity contribution in [2.45, 2.75) is 33.1 Å². The van der Waals surface area contributed by atoms with Crippen molar-refractivity contribution < 1.29 is 19.4 Å². The van der Waals surface area contributed by atoms with Crippen LogP contribution in [0.15, 0.2) is 18.2 Å². The van der Waals surface area contributed by atoms with E-state index in [0.717, 1.165) is 24.2 Å². The van der Waals surface area contributed by atoms with Gasteiger partial charge in [0.25, 0.3) is 0 Å². The number of amides is 1. The highest BCUT2D eigenvalue weighted by atomic mass is 16.5. The molecule has 2 atom stereocenters. The molecule has 1 N–H and O–H groups in total. The fraction of sp³-hybridized carbons (Fsp3) is 0.579. The Morgan fingerprint density at radius 3 is 2.58 bits per heavy atom. The molecule has 130 valence electrons. The first kappa shape index (κ1) is 16.8. The maximum absolute atomic E-state index is 12.2. The van der Waals surface area contributed by atoms with Crippen LogP contribution >= 0.6 is 0 Å². The van der Waals surface area contributed by atoms with Crippen molar-refractivity contribution in [2.75, 3.05) is 19.7 Å². The number of carboxylic acid groups (broad SMARTS) is 1. The van der Waals surface area contributed by atoms with Gasteiger partial charge in [-0.3, -0.25) is 9.59 Å². The summed E-state index contributed by atoms with van der Waals surface area (Å²) >= 11 is 0. The molecule has 0 radical (unpaired) electrons. The summed E-state index contributed by atoms with van der Waals surface area (Å²) in [5, 5.41) is 9.01. The Kier molecular flexibility index (Phi) is 4.78. The van der Waals surface area contributed by atoms with Crippen molar-refractivity contribution in [2.24, 2.45) is 17.8 Å². The van der Waals surface area contributed by atoms with E-state index in [1.807, 2.05) is 24.8 Å². The number of fused-ring (bicyclic) bond motifs is 1. The van der Waals surface area contributed by atoms with E-state index in [-0.39, 0.29) is 23.7 Å². The van der Waals surface area contributed by atoms with E-state index >= 15 is 0 Å². The third-order valence-corrected chi connectivity index (χ3v) is 5.23.